The Labute approximate surface area is 160 Å². The molecule has 1 N–H and O–H groups in total. The Morgan fingerprint density at radius 3 is 2.29 bits per heavy atom. The number of hydrogen-bond donors (Lipinski definition) is 1. The van der Waals surface area contributed by atoms with E-state index in [1.165, 1.54) is 30.1 Å². The number of likely N-dealkylation sites (tertiary alicyclic amines) is 1. The molecule has 28 heavy (non-hydrogen) atoms. The highest BCUT2D eigenvalue weighted by Crippen LogP contribution is 2.35. The molecule has 0 unspecified atom stereocenters. The molecule has 0 spiro atoms. The third-order valence-electron chi connectivity index (χ3n) is 4.90. The third kappa shape index (κ3) is 4.09. The van der Waals surface area contributed by atoms with Gasteiger partial charge in [-0.1, -0.05) is 24.3 Å². The zero-order chi connectivity index (χ0) is 20.5. The fourth-order valence-electron chi connectivity index (χ4n) is 3.57. The third-order valence-corrected chi connectivity index (χ3v) is 4.90. The summed E-state index contributed by atoms with van der Waals surface area (Å²) in [5.41, 5.74) is -1.27. The normalized spacial score (nSPS) is 22.0. The molecule has 1 heterocycles. The van der Waals surface area contributed by atoms with Crippen LogP contribution in [-0.2, 0) is 20.6 Å². The molecule has 0 aromatic heterocycles. The first-order valence-electron chi connectivity index (χ1n) is 8.83. The highest BCUT2D eigenvalue weighted by molar-refractivity contribution is 6.05. The fourth-order valence-corrected chi connectivity index (χ4v) is 3.57. The average molecular weight is 395 g/mol. The lowest BCUT2D eigenvalue weighted by Crippen LogP contribution is -2.43. The Bertz CT molecular complexity index is 796. The summed E-state index contributed by atoms with van der Waals surface area (Å²) in [7, 11) is 1.52. The van der Waals surface area contributed by atoms with E-state index < -0.39 is 17.6 Å². The van der Waals surface area contributed by atoms with Gasteiger partial charge in [0, 0.05) is 0 Å². The summed E-state index contributed by atoms with van der Waals surface area (Å²) in [6, 6.07) is 4.69. The predicted molar refractivity (Wildman–Crippen MR) is 94.8 cm³/mol. The zero-order valence-electron chi connectivity index (χ0n) is 15.2. The van der Waals surface area contributed by atoms with Crippen molar-refractivity contribution in [1.29, 1.82) is 0 Å². The second-order valence-corrected chi connectivity index (χ2v) is 7.01. The maximum Gasteiger partial charge on any atom is 0.418 e. The van der Waals surface area contributed by atoms with E-state index in [0.29, 0.717) is 12.8 Å². The van der Waals surface area contributed by atoms with Crippen molar-refractivity contribution in [2.45, 2.75) is 19.0 Å². The quantitative estimate of drug-likeness (QED) is 0.614. The van der Waals surface area contributed by atoms with Gasteiger partial charge in [-0.3, -0.25) is 24.2 Å². The maximum atomic E-state index is 13.0. The van der Waals surface area contributed by atoms with Crippen LogP contribution < -0.4 is 5.32 Å². The van der Waals surface area contributed by atoms with Crippen LogP contribution in [0.15, 0.2) is 36.4 Å². The smallest absolute Gasteiger partial charge is 0.324 e. The Morgan fingerprint density at radius 1 is 1.14 bits per heavy atom. The first-order chi connectivity index (χ1) is 13.2. The second-order valence-electron chi connectivity index (χ2n) is 7.01. The number of imide groups is 1. The molecule has 0 bridgehead atoms. The molecule has 0 saturated carbocycles. The molecular weight excluding hydrogens is 375 g/mol. The van der Waals surface area contributed by atoms with Crippen LogP contribution in [0.2, 0.25) is 0 Å². The molecule has 2 aliphatic rings. The van der Waals surface area contributed by atoms with Gasteiger partial charge in [-0.05, 0) is 32.0 Å². The largest absolute Gasteiger partial charge is 0.418 e. The monoisotopic (exact) mass is 395 g/mol. The summed E-state index contributed by atoms with van der Waals surface area (Å²) in [5.74, 6) is -1.93. The Morgan fingerprint density at radius 2 is 1.71 bits per heavy atom. The number of hydrogen-bond acceptors (Lipinski definition) is 4. The van der Waals surface area contributed by atoms with Crippen LogP contribution in [0.25, 0.3) is 0 Å². The van der Waals surface area contributed by atoms with E-state index in [4.69, 9.17) is 0 Å². The van der Waals surface area contributed by atoms with Crippen molar-refractivity contribution in [2.75, 3.05) is 25.6 Å². The summed E-state index contributed by atoms with van der Waals surface area (Å²) < 4.78 is 39.0. The molecule has 1 saturated heterocycles. The lowest BCUT2D eigenvalue weighted by molar-refractivity contribution is -0.143. The number of nitrogens with zero attached hydrogens (tertiary/aromatic N) is 2. The molecule has 1 fully saturated rings. The maximum absolute atomic E-state index is 13.0. The number of halogens is 3. The van der Waals surface area contributed by atoms with Gasteiger partial charge in [-0.15, -0.1) is 0 Å². The second kappa shape index (κ2) is 7.75. The van der Waals surface area contributed by atoms with E-state index >= 15 is 0 Å². The number of fused-ring (bicyclic) bond motifs is 1. The van der Waals surface area contributed by atoms with Crippen LogP contribution in [0.4, 0.5) is 18.9 Å². The van der Waals surface area contributed by atoms with Crippen LogP contribution in [0.1, 0.15) is 18.4 Å². The summed E-state index contributed by atoms with van der Waals surface area (Å²) in [6.07, 6.45) is 0.207. The number of carbonyl (C=O) groups is 3. The predicted octanol–water partition coefficient (Wildman–Crippen LogP) is 2.48. The van der Waals surface area contributed by atoms with Crippen LogP contribution in [0.5, 0.6) is 0 Å². The van der Waals surface area contributed by atoms with Crippen LogP contribution >= 0.6 is 0 Å². The molecule has 1 aromatic carbocycles. The highest BCUT2D eigenvalue weighted by Gasteiger charge is 2.47. The minimum Gasteiger partial charge on any atom is -0.324 e. The lowest BCUT2D eigenvalue weighted by atomic mass is 9.85. The van der Waals surface area contributed by atoms with Crippen molar-refractivity contribution in [2.24, 2.45) is 11.8 Å². The summed E-state index contributed by atoms with van der Waals surface area (Å²) in [4.78, 5) is 39.6. The number of alkyl halides is 3. The van der Waals surface area contributed by atoms with Gasteiger partial charge >= 0.3 is 6.18 Å². The summed E-state index contributed by atoms with van der Waals surface area (Å²) in [6.45, 7) is -0.351. The van der Waals surface area contributed by atoms with Crippen LogP contribution in [0, 0.1) is 11.8 Å². The Hall–Kier alpha value is -2.68. The Balaban J connectivity index is 1.60. The minimum absolute atomic E-state index is 0.0843. The van der Waals surface area contributed by atoms with Crippen LogP contribution in [0.3, 0.4) is 0 Å². The van der Waals surface area contributed by atoms with E-state index in [1.54, 1.807) is 0 Å². The Kier molecular flexibility index (Phi) is 5.55. The van der Waals surface area contributed by atoms with Gasteiger partial charge in [0.05, 0.1) is 36.3 Å². The number of nitrogens with one attached hydrogen (secondary N) is 1. The van der Waals surface area contributed by atoms with E-state index in [-0.39, 0.29) is 42.6 Å². The molecule has 3 amide bonds. The number of para-hydroxylation sites is 1. The summed E-state index contributed by atoms with van der Waals surface area (Å²) in [5, 5.41) is 2.25. The van der Waals surface area contributed by atoms with Crippen molar-refractivity contribution in [3.8, 4) is 0 Å². The van der Waals surface area contributed by atoms with Gasteiger partial charge < -0.3 is 5.32 Å². The van der Waals surface area contributed by atoms with Crippen molar-refractivity contribution in [1.82, 2.24) is 9.80 Å². The van der Waals surface area contributed by atoms with Crippen molar-refractivity contribution in [3.63, 3.8) is 0 Å². The number of carbonyl (C=O) groups excluding carboxylic acids is 3. The average Bonchev–Trinajstić information content (AvgIpc) is 2.86. The number of allylic oxidation sites excluding steroid dienone is 2. The van der Waals surface area contributed by atoms with Gasteiger partial charge in [0.15, 0.2) is 0 Å². The number of amides is 3. The van der Waals surface area contributed by atoms with Crippen LogP contribution in [-0.4, -0.2) is 47.8 Å². The SMILES string of the molecule is CN(CC(=O)Nc1ccccc1C(F)(F)F)CN1C(=O)[C@H]2CC=CC[C@H]2C1=O. The molecule has 1 aliphatic heterocycles. The number of anilines is 1. The van der Waals surface area contributed by atoms with Crippen molar-refractivity contribution in [3.05, 3.63) is 42.0 Å². The van der Waals surface area contributed by atoms with Gasteiger partial charge in [0.1, 0.15) is 0 Å². The van der Waals surface area contributed by atoms with Crippen molar-refractivity contribution < 1.29 is 27.6 Å². The molecule has 3 rings (SSSR count). The van der Waals surface area contributed by atoms with Gasteiger partial charge in [0.2, 0.25) is 17.7 Å². The standard InChI is InChI=1S/C19H20F3N3O3/c1-24(11-25-17(27)12-6-2-3-7-13(12)18(25)28)10-16(26)23-15-9-5-4-8-14(15)19(20,21)22/h2-5,8-9,12-13H,6-7,10-11H2,1H3,(H,23,26)/t12-,13+. The molecular formula is C19H20F3N3O3. The minimum atomic E-state index is -4.59. The molecule has 6 nitrogen and oxygen atoms in total. The van der Waals surface area contributed by atoms with E-state index in [1.807, 2.05) is 12.2 Å². The molecule has 1 aromatic rings. The van der Waals surface area contributed by atoms with Gasteiger partial charge in [-0.2, -0.15) is 13.2 Å². The fraction of sp³-hybridized carbons (Fsp3) is 0.421. The molecule has 2 atom stereocenters. The molecule has 150 valence electrons. The molecule has 0 radical (unpaired) electrons. The van der Waals surface area contributed by atoms with E-state index in [9.17, 15) is 27.6 Å². The number of benzene rings is 1. The number of likely N-dealkylation sites (N-methyl/N-ethyl adjacent to an activating group) is 1. The molecule has 1 aliphatic carbocycles. The summed E-state index contributed by atoms with van der Waals surface area (Å²) >= 11 is 0. The van der Waals surface area contributed by atoms with Crippen molar-refractivity contribution >= 4 is 23.4 Å². The van der Waals surface area contributed by atoms with Gasteiger partial charge in [0.25, 0.3) is 0 Å². The topological polar surface area (TPSA) is 69.7 Å². The van der Waals surface area contributed by atoms with E-state index in [0.717, 1.165) is 11.0 Å². The first-order valence-corrected chi connectivity index (χ1v) is 8.83. The van der Waals surface area contributed by atoms with E-state index in [2.05, 4.69) is 5.32 Å². The zero-order valence-corrected chi connectivity index (χ0v) is 15.2. The number of rotatable bonds is 5. The first kappa shape index (κ1) is 20.1. The lowest BCUT2D eigenvalue weighted by Gasteiger charge is -2.23. The van der Waals surface area contributed by atoms with Gasteiger partial charge in [-0.25, -0.2) is 0 Å². The molecule has 9 heteroatoms. The highest BCUT2D eigenvalue weighted by atomic mass is 19.4.